The third-order valence-electron chi connectivity index (χ3n) is 8.96. The molecule has 5 N–H and O–H groups in total. The summed E-state index contributed by atoms with van der Waals surface area (Å²) in [5, 5.41) is 16.1. The Hall–Kier alpha value is -2.95. The second-order valence-electron chi connectivity index (χ2n) is 13.4. The van der Waals surface area contributed by atoms with Crippen molar-refractivity contribution in [3.05, 3.63) is 58.7 Å². The number of aromatic amines is 1. The van der Waals surface area contributed by atoms with Gasteiger partial charge in [-0.25, -0.2) is 13.9 Å². The molecule has 1 aromatic carbocycles. The van der Waals surface area contributed by atoms with E-state index in [1.54, 1.807) is 13.0 Å². The van der Waals surface area contributed by atoms with Crippen LogP contribution < -0.4 is 5.73 Å². The molecule has 1 aromatic heterocycles. The maximum Gasteiger partial charge on any atom is 0.472 e. The van der Waals surface area contributed by atoms with Gasteiger partial charge in [-0.15, -0.1) is 0 Å². The molecule has 0 radical (unpaired) electrons. The van der Waals surface area contributed by atoms with E-state index in [1.165, 1.54) is 69.9 Å². The number of benzene rings is 1. The van der Waals surface area contributed by atoms with Gasteiger partial charge in [0.1, 0.15) is 24.1 Å². The number of hydrogen-bond acceptors (Lipinski definition) is 8. The Kier molecular flexibility index (Phi) is 19.0. The molecule has 284 valence electrons. The topological polar surface area (TPSA) is 185 Å². The van der Waals surface area contributed by atoms with Gasteiger partial charge >= 0.3 is 7.82 Å². The van der Waals surface area contributed by atoms with Crippen LogP contribution in [0.5, 0.6) is 0 Å². The lowest BCUT2D eigenvalue weighted by atomic mass is 10.0. The van der Waals surface area contributed by atoms with Crippen molar-refractivity contribution >= 4 is 20.0 Å². The summed E-state index contributed by atoms with van der Waals surface area (Å²) in [6, 6.07) is 9.58. The van der Waals surface area contributed by atoms with Crippen LogP contribution in [0.1, 0.15) is 132 Å². The molecule has 1 unspecified atom stereocenters. The smallest absolute Gasteiger partial charge is 0.382 e. The van der Waals surface area contributed by atoms with Crippen LogP contribution in [-0.4, -0.2) is 60.2 Å². The van der Waals surface area contributed by atoms with Gasteiger partial charge in [0.2, 0.25) is 0 Å². The molecule has 1 saturated heterocycles. The number of phosphoric acid groups is 1. The van der Waals surface area contributed by atoms with E-state index in [4.69, 9.17) is 39.7 Å². The Bertz CT molecular complexity index is 1450. The molecule has 0 aliphatic carbocycles. The molecular formula is C37H57FN5O7P. The fourth-order valence-corrected chi connectivity index (χ4v) is 6.76. The van der Waals surface area contributed by atoms with Crippen molar-refractivity contribution in [3.8, 4) is 6.07 Å². The van der Waals surface area contributed by atoms with Crippen LogP contribution in [0.3, 0.4) is 0 Å². The van der Waals surface area contributed by atoms with Crippen molar-refractivity contribution in [2.24, 2.45) is 10.7 Å². The Labute approximate surface area is 302 Å². The van der Waals surface area contributed by atoms with Crippen LogP contribution in [-0.2, 0) is 34.4 Å². The Morgan fingerprint density at radius 1 is 1.14 bits per heavy atom. The minimum absolute atomic E-state index is 0.0750. The number of ether oxygens (including phenoxy) is 3. The monoisotopic (exact) mass is 733 g/mol. The van der Waals surface area contributed by atoms with E-state index in [-0.39, 0.29) is 49.5 Å². The third-order valence-corrected chi connectivity index (χ3v) is 9.89. The zero-order chi connectivity index (χ0) is 37.0. The fraction of sp³-hybridized carbons (Fsp3) is 0.649. The predicted molar refractivity (Wildman–Crippen MR) is 195 cm³/mol. The SMILES string of the molecule is CCCCCCCCCCCCCCOC[C@H](COP(=O)(O)OC[C@]1(C)CC[C@H](c2ccc(/C(N)=N\C=N)[nH]2)O1)OCc1ccc(C#N)cc1F. The highest BCUT2D eigenvalue weighted by Gasteiger charge is 2.40. The first-order valence-electron chi connectivity index (χ1n) is 18.3. The lowest BCUT2D eigenvalue weighted by Gasteiger charge is -2.26. The van der Waals surface area contributed by atoms with E-state index in [9.17, 15) is 13.8 Å². The Morgan fingerprint density at radius 2 is 1.82 bits per heavy atom. The van der Waals surface area contributed by atoms with Crippen LogP contribution in [0.15, 0.2) is 35.3 Å². The van der Waals surface area contributed by atoms with Crippen molar-refractivity contribution in [2.45, 2.75) is 128 Å². The summed E-state index contributed by atoms with van der Waals surface area (Å²) in [5.41, 5.74) is 6.76. The van der Waals surface area contributed by atoms with Crippen molar-refractivity contribution in [3.63, 3.8) is 0 Å². The first-order chi connectivity index (χ1) is 24.6. The van der Waals surface area contributed by atoms with Crippen molar-refractivity contribution < 1.29 is 37.1 Å². The second kappa shape index (κ2) is 22.9. The number of rotatable bonds is 27. The zero-order valence-electron chi connectivity index (χ0n) is 30.2. The molecule has 1 aliphatic heterocycles. The van der Waals surface area contributed by atoms with Crippen LogP contribution in [0.25, 0.3) is 0 Å². The highest BCUT2D eigenvalue weighted by atomic mass is 31.2. The average Bonchev–Trinajstić information content (AvgIpc) is 3.77. The number of unbranched alkanes of at least 4 members (excludes halogenated alkanes) is 11. The molecule has 0 spiro atoms. The first kappa shape index (κ1) is 42.5. The predicted octanol–water partition coefficient (Wildman–Crippen LogP) is 8.38. The number of amidine groups is 1. The van der Waals surface area contributed by atoms with Crippen LogP contribution >= 0.6 is 7.82 Å². The minimum Gasteiger partial charge on any atom is -0.382 e. The number of nitrogens with one attached hydrogen (secondary N) is 2. The van der Waals surface area contributed by atoms with Crippen molar-refractivity contribution in [1.82, 2.24) is 4.98 Å². The Morgan fingerprint density at radius 3 is 2.47 bits per heavy atom. The average molecular weight is 734 g/mol. The van der Waals surface area contributed by atoms with Gasteiger partial charge < -0.3 is 29.8 Å². The first-order valence-corrected chi connectivity index (χ1v) is 19.8. The molecule has 12 nitrogen and oxygen atoms in total. The number of aromatic nitrogens is 1. The van der Waals surface area contributed by atoms with Crippen LogP contribution in [0.2, 0.25) is 0 Å². The van der Waals surface area contributed by atoms with E-state index in [2.05, 4.69) is 16.9 Å². The molecule has 51 heavy (non-hydrogen) atoms. The minimum atomic E-state index is -4.53. The lowest BCUT2D eigenvalue weighted by molar-refractivity contribution is -0.0708. The molecule has 0 bridgehead atoms. The van der Waals surface area contributed by atoms with Gasteiger partial charge in [-0.3, -0.25) is 14.5 Å². The van der Waals surface area contributed by atoms with Crippen LogP contribution in [0, 0.1) is 22.6 Å². The van der Waals surface area contributed by atoms with Gasteiger partial charge in [-0.05, 0) is 50.5 Å². The van der Waals surface area contributed by atoms with E-state index >= 15 is 0 Å². The number of hydrogen-bond donors (Lipinski definition) is 4. The summed E-state index contributed by atoms with van der Waals surface area (Å²) < 4.78 is 56.0. The zero-order valence-corrected chi connectivity index (χ0v) is 31.1. The van der Waals surface area contributed by atoms with E-state index < -0.39 is 25.3 Å². The summed E-state index contributed by atoms with van der Waals surface area (Å²) in [5.74, 6) is -0.401. The maximum absolute atomic E-state index is 14.5. The molecular weight excluding hydrogens is 676 g/mol. The summed E-state index contributed by atoms with van der Waals surface area (Å²) in [6.45, 7) is 3.94. The van der Waals surface area contributed by atoms with E-state index in [1.807, 2.05) is 12.1 Å². The molecule has 0 amide bonds. The normalized spacial score (nSPS) is 19.5. The molecule has 4 atom stereocenters. The summed E-state index contributed by atoms with van der Waals surface area (Å²) in [7, 11) is -4.53. The Balaban J connectivity index is 1.43. The number of aliphatic imine (C=N–C) groups is 1. The number of halogens is 1. The van der Waals surface area contributed by atoms with Crippen molar-refractivity contribution in [1.29, 1.82) is 10.7 Å². The standard InChI is InChI=1S/C37H57FN5O7P/c1-3-4-5-6-7-8-9-10-11-12-13-14-21-46-25-31(47-24-30-16-15-29(23-39)22-32(30)38)26-48-51(44,45)49-27-37(2)20-19-35(50-37)33-17-18-34(43-33)36(41)42-28-40/h15-18,22,28,31,35,43H,3-14,19-21,24-27H2,1-2H3,(H,44,45)(H3,40,41,42)/t31-,35-,37+/m1/s1. The molecule has 1 fully saturated rings. The largest absolute Gasteiger partial charge is 0.472 e. The quantitative estimate of drug-likeness (QED) is 0.0303. The van der Waals surface area contributed by atoms with E-state index in [0.717, 1.165) is 37.4 Å². The molecule has 14 heteroatoms. The van der Waals surface area contributed by atoms with Gasteiger partial charge in [0.05, 0.1) is 55.5 Å². The summed E-state index contributed by atoms with van der Waals surface area (Å²) in [4.78, 5) is 17.4. The molecule has 3 rings (SSSR count). The third kappa shape index (κ3) is 16.1. The number of H-pyrrole nitrogens is 1. The molecule has 1 aliphatic rings. The highest BCUT2D eigenvalue weighted by molar-refractivity contribution is 7.47. The van der Waals surface area contributed by atoms with E-state index in [0.29, 0.717) is 25.1 Å². The number of nitrogens with two attached hydrogens (primary N) is 1. The number of phosphoric ester groups is 1. The number of nitrogens with zero attached hydrogens (tertiary/aromatic N) is 2. The number of nitriles is 1. The molecule has 2 heterocycles. The van der Waals surface area contributed by atoms with Gasteiger partial charge in [0, 0.05) is 17.9 Å². The van der Waals surface area contributed by atoms with Gasteiger partial charge in [0.25, 0.3) is 0 Å². The van der Waals surface area contributed by atoms with Gasteiger partial charge in [-0.2, -0.15) is 5.26 Å². The fourth-order valence-electron chi connectivity index (χ4n) is 5.89. The molecule has 0 saturated carbocycles. The van der Waals surface area contributed by atoms with Gasteiger partial charge in [-0.1, -0.05) is 83.6 Å². The summed E-state index contributed by atoms with van der Waals surface area (Å²) >= 11 is 0. The highest BCUT2D eigenvalue weighted by Crippen LogP contribution is 2.47. The lowest BCUT2D eigenvalue weighted by Crippen LogP contribution is -2.30. The van der Waals surface area contributed by atoms with Crippen molar-refractivity contribution in [2.75, 3.05) is 26.4 Å². The second-order valence-corrected chi connectivity index (χ2v) is 14.9. The van der Waals surface area contributed by atoms with Gasteiger partial charge in [0.15, 0.2) is 0 Å². The molecule has 2 aromatic rings. The summed E-state index contributed by atoms with van der Waals surface area (Å²) in [6.07, 6.45) is 15.8. The maximum atomic E-state index is 14.5. The van der Waals surface area contributed by atoms with Crippen LogP contribution in [0.4, 0.5) is 4.39 Å².